The van der Waals surface area contributed by atoms with Gasteiger partial charge in [0.05, 0.1) is 17.5 Å². The smallest absolute Gasteiger partial charge is 0.244 e. The van der Waals surface area contributed by atoms with Crippen molar-refractivity contribution in [1.82, 2.24) is 4.31 Å². The zero-order valence-corrected chi connectivity index (χ0v) is 12.9. The summed E-state index contributed by atoms with van der Waals surface area (Å²) in [6.07, 6.45) is 0.702. The molecule has 1 aliphatic rings. The van der Waals surface area contributed by atoms with Crippen molar-refractivity contribution in [2.24, 2.45) is 5.73 Å². The lowest BCUT2D eigenvalue weighted by Gasteiger charge is -2.29. The Kier molecular flexibility index (Phi) is 5.01. The Balaban J connectivity index is 2.44. The zero-order valence-electron chi connectivity index (χ0n) is 12.0. The monoisotopic (exact) mass is 308 g/mol. The molecule has 1 aliphatic heterocycles. The molecule has 0 aliphatic carbocycles. The van der Waals surface area contributed by atoms with E-state index in [0.717, 1.165) is 5.56 Å². The molecule has 0 aromatic heterocycles. The van der Waals surface area contributed by atoms with Gasteiger partial charge in [-0.05, 0) is 37.5 Å². The quantitative estimate of drug-likeness (QED) is 0.777. The number of nitrogens with zero attached hydrogens (tertiary/aromatic N) is 1. The van der Waals surface area contributed by atoms with E-state index in [2.05, 4.69) is 11.8 Å². The van der Waals surface area contributed by atoms with Crippen LogP contribution >= 0.6 is 0 Å². The van der Waals surface area contributed by atoms with Crippen molar-refractivity contribution in [2.75, 3.05) is 19.6 Å². The van der Waals surface area contributed by atoms with E-state index in [9.17, 15) is 13.5 Å². The fourth-order valence-electron chi connectivity index (χ4n) is 2.39. The molecule has 1 heterocycles. The first kappa shape index (κ1) is 16.0. The number of aliphatic hydroxyl groups excluding tert-OH is 1. The number of β-amino-alcohol motifs (C(OH)–C–C–N with tert-alkyl or cyclic N) is 1. The minimum Gasteiger partial charge on any atom is -0.392 e. The summed E-state index contributed by atoms with van der Waals surface area (Å²) in [5.74, 6) is 5.53. The summed E-state index contributed by atoms with van der Waals surface area (Å²) < 4.78 is 26.8. The van der Waals surface area contributed by atoms with Crippen molar-refractivity contribution in [3.05, 3.63) is 29.3 Å². The Bertz CT molecular complexity index is 674. The molecule has 0 saturated carbocycles. The van der Waals surface area contributed by atoms with Crippen LogP contribution in [0.1, 0.15) is 24.0 Å². The maximum Gasteiger partial charge on any atom is 0.244 e. The summed E-state index contributed by atoms with van der Waals surface area (Å²) in [6.45, 7) is 2.63. The van der Waals surface area contributed by atoms with Crippen molar-refractivity contribution >= 4 is 10.0 Å². The van der Waals surface area contributed by atoms with Crippen LogP contribution in [0.3, 0.4) is 0 Å². The van der Waals surface area contributed by atoms with Gasteiger partial charge in [-0.15, -0.1) is 0 Å². The third kappa shape index (κ3) is 3.63. The molecule has 21 heavy (non-hydrogen) atoms. The van der Waals surface area contributed by atoms with E-state index in [4.69, 9.17) is 5.73 Å². The number of benzene rings is 1. The van der Waals surface area contributed by atoms with Gasteiger partial charge in [-0.25, -0.2) is 8.42 Å². The third-order valence-electron chi connectivity index (χ3n) is 3.44. The Labute approximate surface area is 125 Å². The Morgan fingerprint density at radius 3 is 2.90 bits per heavy atom. The standard InChI is InChI=1S/C15H20N2O3S/c1-12-6-7-15(13(10-12)4-2-8-16)21(19,20)17-9-3-5-14(18)11-17/h6-7,10,14,18H,3,5,8-9,11,16H2,1H3. The van der Waals surface area contributed by atoms with Crippen LogP contribution in [-0.4, -0.2) is 43.6 Å². The molecule has 114 valence electrons. The number of sulfonamides is 1. The molecule has 1 aromatic carbocycles. The number of piperidine rings is 1. The summed E-state index contributed by atoms with van der Waals surface area (Å²) in [5.41, 5.74) is 6.77. The predicted octanol–water partition coefficient (Wildman–Crippen LogP) is 0.451. The van der Waals surface area contributed by atoms with E-state index >= 15 is 0 Å². The minimum atomic E-state index is -3.64. The van der Waals surface area contributed by atoms with Crippen LogP contribution in [0.4, 0.5) is 0 Å². The van der Waals surface area contributed by atoms with Crippen molar-refractivity contribution in [2.45, 2.75) is 30.8 Å². The second-order valence-electron chi connectivity index (χ2n) is 5.16. The fourth-order valence-corrected chi connectivity index (χ4v) is 4.03. The SMILES string of the molecule is Cc1ccc(S(=O)(=O)N2CCCC(O)C2)c(C#CCN)c1. The second kappa shape index (κ2) is 6.58. The largest absolute Gasteiger partial charge is 0.392 e. The third-order valence-corrected chi connectivity index (χ3v) is 5.36. The first-order valence-electron chi connectivity index (χ1n) is 6.93. The molecular formula is C15H20N2O3S. The van der Waals surface area contributed by atoms with E-state index < -0.39 is 16.1 Å². The number of hydrogen-bond acceptors (Lipinski definition) is 4. The predicted molar refractivity (Wildman–Crippen MR) is 81.1 cm³/mol. The topological polar surface area (TPSA) is 83.6 Å². The normalized spacial score (nSPS) is 19.9. The number of rotatable bonds is 2. The van der Waals surface area contributed by atoms with Crippen LogP contribution in [0.25, 0.3) is 0 Å². The number of nitrogens with two attached hydrogens (primary N) is 1. The lowest BCUT2D eigenvalue weighted by molar-refractivity contribution is 0.108. The number of aryl methyl sites for hydroxylation is 1. The highest BCUT2D eigenvalue weighted by Gasteiger charge is 2.30. The lowest BCUT2D eigenvalue weighted by Crippen LogP contribution is -2.42. The molecule has 1 saturated heterocycles. The van der Waals surface area contributed by atoms with Crippen molar-refractivity contribution in [3.8, 4) is 11.8 Å². The van der Waals surface area contributed by atoms with Crippen molar-refractivity contribution < 1.29 is 13.5 Å². The summed E-state index contributed by atoms with van der Waals surface area (Å²) >= 11 is 0. The lowest BCUT2D eigenvalue weighted by atomic mass is 10.1. The van der Waals surface area contributed by atoms with Gasteiger partial charge in [0.25, 0.3) is 0 Å². The molecule has 0 spiro atoms. The molecule has 6 heteroatoms. The molecule has 0 radical (unpaired) electrons. The average Bonchev–Trinajstić information content (AvgIpc) is 2.45. The van der Waals surface area contributed by atoms with Crippen LogP contribution in [0.2, 0.25) is 0 Å². The highest BCUT2D eigenvalue weighted by atomic mass is 32.2. The van der Waals surface area contributed by atoms with Crippen molar-refractivity contribution in [3.63, 3.8) is 0 Å². The highest BCUT2D eigenvalue weighted by molar-refractivity contribution is 7.89. The molecule has 3 N–H and O–H groups in total. The van der Waals surface area contributed by atoms with Crippen LogP contribution in [0.15, 0.2) is 23.1 Å². The Morgan fingerprint density at radius 2 is 2.24 bits per heavy atom. The van der Waals surface area contributed by atoms with Gasteiger partial charge in [0, 0.05) is 18.7 Å². The fraction of sp³-hybridized carbons (Fsp3) is 0.467. The minimum absolute atomic E-state index is 0.139. The average molecular weight is 308 g/mol. The summed E-state index contributed by atoms with van der Waals surface area (Å²) in [7, 11) is -3.64. The van der Waals surface area contributed by atoms with Gasteiger partial charge < -0.3 is 10.8 Å². The summed E-state index contributed by atoms with van der Waals surface area (Å²) in [6, 6.07) is 5.07. The van der Waals surface area contributed by atoms with Crippen LogP contribution in [0, 0.1) is 18.8 Å². The van der Waals surface area contributed by atoms with E-state index in [1.165, 1.54) is 4.31 Å². The summed E-state index contributed by atoms with van der Waals surface area (Å²) in [5, 5.41) is 9.69. The van der Waals surface area contributed by atoms with Gasteiger partial charge in [0.1, 0.15) is 0 Å². The molecule has 1 fully saturated rings. The van der Waals surface area contributed by atoms with E-state index in [0.29, 0.717) is 24.9 Å². The zero-order chi connectivity index (χ0) is 15.5. The van der Waals surface area contributed by atoms with Gasteiger partial charge in [-0.3, -0.25) is 0 Å². The first-order chi connectivity index (χ1) is 9.95. The Morgan fingerprint density at radius 1 is 1.48 bits per heavy atom. The highest BCUT2D eigenvalue weighted by Crippen LogP contribution is 2.24. The van der Waals surface area contributed by atoms with Gasteiger partial charge in [-0.1, -0.05) is 17.9 Å². The molecule has 1 aromatic rings. The molecule has 5 nitrogen and oxygen atoms in total. The second-order valence-corrected chi connectivity index (χ2v) is 7.07. The van der Waals surface area contributed by atoms with E-state index in [1.807, 2.05) is 6.92 Å². The molecular weight excluding hydrogens is 288 g/mol. The van der Waals surface area contributed by atoms with E-state index in [1.54, 1.807) is 18.2 Å². The molecule has 0 amide bonds. The first-order valence-corrected chi connectivity index (χ1v) is 8.37. The Hall–Kier alpha value is -1.39. The van der Waals surface area contributed by atoms with Crippen LogP contribution < -0.4 is 5.73 Å². The molecule has 1 atom stereocenters. The summed E-state index contributed by atoms with van der Waals surface area (Å²) in [4.78, 5) is 0.183. The van der Waals surface area contributed by atoms with Crippen molar-refractivity contribution in [1.29, 1.82) is 0 Å². The van der Waals surface area contributed by atoms with Crippen LogP contribution in [-0.2, 0) is 10.0 Å². The maximum absolute atomic E-state index is 12.7. The van der Waals surface area contributed by atoms with Gasteiger partial charge >= 0.3 is 0 Å². The molecule has 1 unspecified atom stereocenters. The van der Waals surface area contributed by atoms with E-state index in [-0.39, 0.29) is 18.0 Å². The number of hydrogen-bond donors (Lipinski definition) is 2. The number of aliphatic hydroxyl groups is 1. The van der Waals surface area contributed by atoms with Crippen LogP contribution in [0.5, 0.6) is 0 Å². The van der Waals surface area contributed by atoms with Gasteiger partial charge in [-0.2, -0.15) is 4.31 Å². The maximum atomic E-state index is 12.7. The molecule has 0 bridgehead atoms. The molecule has 2 rings (SSSR count). The van der Waals surface area contributed by atoms with Gasteiger partial charge in [0.2, 0.25) is 10.0 Å². The van der Waals surface area contributed by atoms with Gasteiger partial charge in [0.15, 0.2) is 0 Å².